The maximum absolute atomic E-state index is 13.7. The monoisotopic (exact) mass is 339 g/mol. The van der Waals surface area contributed by atoms with Crippen molar-refractivity contribution in [3.8, 4) is 17.0 Å². The molecule has 3 rings (SSSR count). The largest absolute Gasteiger partial charge is 0.494 e. The Morgan fingerprint density at radius 3 is 3.09 bits per heavy atom. The molecule has 1 aliphatic rings. The second-order valence-corrected chi connectivity index (χ2v) is 6.54. The highest BCUT2D eigenvalue weighted by atomic mass is 32.2. The summed E-state index contributed by atoms with van der Waals surface area (Å²) < 4.78 is 18.6. The Kier molecular flexibility index (Phi) is 4.60. The van der Waals surface area contributed by atoms with Gasteiger partial charge in [-0.25, -0.2) is 9.37 Å². The molecular formula is C14H14FN3O2S2. The van der Waals surface area contributed by atoms with Gasteiger partial charge in [-0.15, -0.1) is 23.1 Å². The SMILES string of the molecule is COc1ccc(-c2csc(NC(=O)C3CSCN3)n2)cc1F. The molecule has 0 aliphatic carbocycles. The molecule has 116 valence electrons. The van der Waals surface area contributed by atoms with Crippen LogP contribution in [-0.4, -0.2) is 35.7 Å². The highest BCUT2D eigenvalue weighted by Crippen LogP contribution is 2.28. The van der Waals surface area contributed by atoms with Crippen molar-refractivity contribution in [1.82, 2.24) is 10.3 Å². The first kappa shape index (κ1) is 15.3. The molecule has 1 saturated heterocycles. The van der Waals surface area contributed by atoms with E-state index in [1.807, 2.05) is 0 Å². The van der Waals surface area contributed by atoms with E-state index < -0.39 is 5.82 Å². The van der Waals surface area contributed by atoms with E-state index in [1.165, 1.54) is 24.5 Å². The summed E-state index contributed by atoms with van der Waals surface area (Å²) in [6.45, 7) is 0. The normalized spacial score (nSPS) is 17.5. The molecule has 0 saturated carbocycles. The molecule has 1 fully saturated rings. The number of hydrogen-bond acceptors (Lipinski definition) is 6. The zero-order chi connectivity index (χ0) is 15.5. The molecule has 1 unspecified atom stereocenters. The van der Waals surface area contributed by atoms with Crippen LogP contribution >= 0.6 is 23.1 Å². The predicted molar refractivity (Wildman–Crippen MR) is 86.9 cm³/mol. The van der Waals surface area contributed by atoms with Gasteiger partial charge in [0.2, 0.25) is 5.91 Å². The molecule has 1 aliphatic heterocycles. The summed E-state index contributed by atoms with van der Waals surface area (Å²) in [7, 11) is 1.42. The quantitative estimate of drug-likeness (QED) is 0.896. The van der Waals surface area contributed by atoms with Crippen LogP contribution < -0.4 is 15.4 Å². The molecule has 22 heavy (non-hydrogen) atoms. The van der Waals surface area contributed by atoms with Crippen LogP contribution in [0.15, 0.2) is 23.6 Å². The zero-order valence-corrected chi connectivity index (χ0v) is 13.4. The zero-order valence-electron chi connectivity index (χ0n) is 11.8. The van der Waals surface area contributed by atoms with Crippen molar-refractivity contribution in [2.75, 3.05) is 24.1 Å². The van der Waals surface area contributed by atoms with E-state index in [0.717, 1.165) is 11.6 Å². The Morgan fingerprint density at radius 1 is 1.55 bits per heavy atom. The number of carbonyl (C=O) groups excluding carboxylic acids is 1. The second kappa shape index (κ2) is 6.64. The molecule has 0 bridgehead atoms. The van der Waals surface area contributed by atoms with E-state index in [-0.39, 0.29) is 17.7 Å². The molecule has 5 nitrogen and oxygen atoms in total. The van der Waals surface area contributed by atoms with Crippen molar-refractivity contribution in [3.05, 3.63) is 29.4 Å². The van der Waals surface area contributed by atoms with Crippen LogP contribution in [0.5, 0.6) is 5.75 Å². The Labute approximate surface area is 135 Å². The van der Waals surface area contributed by atoms with Gasteiger partial charge in [0.1, 0.15) is 0 Å². The number of benzene rings is 1. The molecular weight excluding hydrogens is 325 g/mol. The average molecular weight is 339 g/mol. The van der Waals surface area contributed by atoms with Gasteiger partial charge in [0, 0.05) is 22.6 Å². The summed E-state index contributed by atoms with van der Waals surface area (Å²) >= 11 is 3.00. The number of rotatable bonds is 4. The van der Waals surface area contributed by atoms with Crippen LogP contribution in [0.25, 0.3) is 11.3 Å². The molecule has 0 radical (unpaired) electrons. The first-order chi connectivity index (χ1) is 10.7. The first-order valence-corrected chi connectivity index (χ1v) is 8.62. The van der Waals surface area contributed by atoms with Crippen molar-refractivity contribution in [3.63, 3.8) is 0 Å². The Hall–Kier alpha value is -1.64. The number of hydrogen-bond donors (Lipinski definition) is 2. The fourth-order valence-electron chi connectivity index (χ4n) is 2.05. The fraction of sp³-hybridized carbons (Fsp3) is 0.286. The lowest BCUT2D eigenvalue weighted by Gasteiger charge is -2.07. The van der Waals surface area contributed by atoms with Gasteiger partial charge in [-0.1, -0.05) is 0 Å². The molecule has 1 atom stereocenters. The van der Waals surface area contributed by atoms with E-state index in [0.29, 0.717) is 16.4 Å². The second-order valence-electron chi connectivity index (χ2n) is 4.65. The number of thioether (sulfide) groups is 1. The summed E-state index contributed by atoms with van der Waals surface area (Å²) in [5, 5.41) is 8.18. The van der Waals surface area contributed by atoms with Crippen LogP contribution in [0, 0.1) is 5.82 Å². The number of halogens is 1. The highest BCUT2D eigenvalue weighted by molar-refractivity contribution is 7.99. The van der Waals surface area contributed by atoms with Crippen molar-refractivity contribution in [2.45, 2.75) is 6.04 Å². The van der Waals surface area contributed by atoms with Crippen LogP contribution in [0.2, 0.25) is 0 Å². The van der Waals surface area contributed by atoms with Crippen molar-refractivity contribution < 1.29 is 13.9 Å². The van der Waals surface area contributed by atoms with E-state index in [2.05, 4.69) is 15.6 Å². The van der Waals surface area contributed by atoms with Crippen molar-refractivity contribution in [2.24, 2.45) is 0 Å². The van der Waals surface area contributed by atoms with Gasteiger partial charge in [0.25, 0.3) is 0 Å². The van der Waals surface area contributed by atoms with E-state index in [4.69, 9.17) is 4.74 Å². The third-order valence-electron chi connectivity index (χ3n) is 3.21. The van der Waals surface area contributed by atoms with Crippen molar-refractivity contribution in [1.29, 1.82) is 0 Å². The third kappa shape index (κ3) is 3.23. The lowest BCUT2D eigenvalue weighted by Crippen LogP contribution is -2.37. The number of amides is 1. The van der Waals surface area contributed by atoms with Gasteiger partial charge < -0.3 is 10.1 Å². The van der Waals surface area contributed by atoms with Gasteiger partial charge in [-0.05, 0) is 18.2 Å². The van der Waals surface area contributed by atoms with Gasteiger partial charge in [0.05, 0.1) is 18.8 Å². The Bertz CT molecular complexity index is 686. The van der Waals surface area contributed by atoms with Crippen LogP contribution in [0.3, 0.4) is 0 Å². The number of anilines is 1. The van der Waals surface area contributed by atoms with Gasteiger partial charge in [-0.2, -0.15) is 0 Å². The van der Waals surface area contributed by atoms with E-state index >= 15 is 0 Å². The number of nitrogens with zero attached hydrogens (tertiary/aromatic N) is 1. The molecule has 2 heterocycles. The van der Waals surface area contributed by atoms with Crippen LogP contribution in [-0.2, 0) is 4.79 Å². The fourth-order valence-corrected chi connectivity index (χ4v) is 3.71. The topological polar surface area (TPSA) is 63.2 Å². The molecule has 0 spiro atoms. The molecule has 1 amide bonds. The highest BCUT2D eigenvalue weighted by Gasteiger charge is 2.23. The Morgan fingerprint density at radius 2 is 2.41 bits per heavy atom. The summed E-state index contributed by atoms with van der Waals surface area (Å²) in [6.07, 6.45) is 0. The van der Waals surface area contributed by atoms with Gasteiger partial charge >= 0.3 is 0 Å². The molecule has 2 aromatic rings. The summed E-state index contributed by atoms with van der Waals surface area (Å²) in [5.74, 6) is 1.20. The lowest BCUT2D eigenvalue weighted by atomic mass is 10.1. The first-order valence-electron chi connectivity index (χ1n) is 6.59. The van der Waals surface area contributed by atoms with E-state index in [9.17, 15) is 9.18 Å². The van der Waals surface area contributed by atoms with Gasteiger partial charge in [0.15, 0.2) is 16.7 Å². The maximum atomic E-state index is 13.7. The smallest absolute Gasteiger partial charge is 0.244 e. The number of thiazole rings is 1. The summed E-state index contributed by atoms with van der Waals surface area (Å²) in [4.78, 5) is 16.3. The standard InChI is InChI=1S/C14H14FN3O2S2/c1-20-12-3-2-8(4-9(12)15)10-6-22-14(17-10)18-13(19)11-5-21-7-16-11/h2-4,6,11,16H,5,7H2,1H3,(H,17,18,19). The lowest BCUT2D eigenvalue weighted by molar-refractivity contribution is -0.117. The van der Waals surface area contributed by atoms with E-state index in [1.54, 1.807) is 29.3 Å². The minimum Gasteiger partial charge on any atom is -0.494 e. The average Bonchev–Trinajstić information content (AvgIpc) is 3.18. The number of carbonyl (C=O) groups is 1. The van der Waals surface area contributed by atoms with Gasteiger partial charge in [-0.3, -0.25) is 10.1 Å². The number of methoxy groups -OCH3 is 1. The predicted octanol–water partition coefficient (Wildman–Crippen LogP) is 2.56. The van der Waals surface area contributed by atoms with Crippen LogP contribution in [0.1, 0.15) is 0 Å². The third-order valence-corrected chi connectivity index (χ3v) is 4.91. The number of aromatic nitrogens is 1. The molecule has 2 N–H and O–H groups in total. The molecule has 8 heteroatoms. The maximum Gasteiger partial charge on any atom is 0.244 e. The molecule has 1 aromatic carbocycles. The Balaban J connectivity index is 1.73. The van der Waals surface area contributed by atoms with Crippen LogP contribution in [0.4, 0.5) is 9.52 Å². The molecule has 1 aromatic heterocycles. The minimum absolute atomic E-state index is 0.0909. The van der Waals surface area contributed by atoms with Crippen molar-refractivity contribution >= 4 is 34.1 Å². The minimum atomic E-state index is -0.439. The number of nitrogens with one attached hydrogen (secondary N) is 2. The summed E-state index contributed by atoms with van der Waals surface area (Å²) in [6, 6.07) is 4.48. The summed E-state index contributed by atoms with van der Waals surface area (Å²) in [5.41, 5.74) is 1.26. The number of ether oxygens (including phenoxy) is 1.